The Bertz CT molecular complexity index is 914. The van der Waals surface area contributed by atoms with Gasteiger partial charge in [0.1, 0.15) is 17.7 Å². The van der Waals surface area contributed by atoms with Gasteiger partial charge in [-0.2, -0.15) is 0 Å². The second kappa shape index (κ2) is 8.72. The second-order valence-corrected chi connectivity index (χ2v) is 8.00. The zero-order valence-electron chi connectivity index (χ0n) is 16.9. The van der Waals surface area contributed by atoms with Crippen molar-refractivity contribution in [1.29, 1.82) is 0 Å². The molecule has 0 radical (unpaired) electrons. The van der Waals surface area contributed by atoms with E-state index in [9.17, 15) is 18.4 Å². The first-order chi connectivity index (χ1) is 13.8. The van der Waals surface area contributed by atoms with E-state index in [1.54, 1.807) is 11.8 Å². The van der Waals surface area contributed by atoms with Crippen LogP contribution in [0.25, 0.3) is 0 Å². The summed E-state index contributed by atoms with van der Waals surface area (Å²) in [5.74, 6) is -1.61. The van der Waals surface area contributed by atoms with E-state index in [4.69, 9.17) is 0 Å². The van der Waals surface area contributed by atoms with E-state index < -0.39 is 23.7 Å². The van der Waals surface area contributed by atoms with E-state index in [0.717, 1.165) is 23.3 Å². The highest BCUT2D eigenvalue weighted by molar-refractivity contribution is 5.88. The third-order valence-electron chi connectivity index (χ3n) is 5.24. The number of rotatable bonds is 5. The quantitative estimate of drug-likeness (QED) is 0.820. The monoisotopic (exact) mass is 400 g/mol. The molecule has 0 bridgehead atoms. The predicted octanol–water partition coefficient (Wildman–Crippen LogP) is 4.14. The van der Waals surface area contributed by atoms with Crippen molar-refractivity contribution in [3.05, 3.63) is 70.8 Å². The Labute approximate surface area is 169 Å². The number of nitrogens with zero attached hydrogens (tertiary/aromatic N) is 1. The van der Waals surface area contributed by atoms with Crippen LogP contribution >= 0.6 is 0 Å². The van der Waals surface area contributed by atoms with Crippen molar-refractivity contribution in [2.75, 3.05) is 0 Å². The third kappa shape index (κ3) is 4.81. The molecule has 0 fully saturated rings. The van der Waals surface area contributed by atoms with Crippen LogP contribution < -0.4 is 5.32 Å². The summed E-state index contributed by atoms with van der Waals surface area (Å²) >= 11 is 0. The molecule has 154 valence electrons. The van der Waals surface area contributed by atoms with Crippen LogP contribution in [0.1, 0.15) is 49.9 Å². The molecule has 6 heteroatoms. The molecule has 0 saturated carbocycles. The summed E-state index contributed by atoms with van der Waals surface area (Å²) < 4.78 is 27.3. The lowest BCUT2D eigenvalue weighted by molar-refractivity contribution is -0.142. The van der Waals surface area contributed by atoms with Crippen molar-refractivity contribution >= 4 is 11.8 Å². The van der Waals surface area contributed by atoms with Gasteiger partial charge in [-0.15, -0.1) is 0 Å². The summed E-state index contributed by atoms with van der Waals surface area (Å²) in [6.07, 6.45) is 0.762. The van der Waals surface area contributed by atoms with Crippen LogP contribution in [0.15, 0.2) is 42.5 Å². The van der Waals surface area contributed by atoms with Gasteiger partial charge in [-0.3, -0.25) is 9.59 Å². The van der Waals surface area contributed by atoms with Gasteiger partial charge in [0.05, 0.1) is 6.04 Å². The van der Waals surface area contributed by atoms with Gasteiger partial charge in [-0.1, -0.05) is 44.2 Å². The molecule has 3 rings (SSSR count). The van der Waals surface area contributed by atoms with Crippen molar-refractivity contribution < 1.29 is 18.4 Å². The molecule has 0 aromatic heterocycles. The minimum absolute atomic E-state index is 0.0738. The van der Waals surface area contributed by atoms with E-state index in [2.05, 4.69) is 5.32 Å². The molecule has 0 saturated heterocycles. The number of fused-ring (bicyclic) bond motifs is 1. The summed E-state index contributed by atoms with van der Waals surface area (Å²) in [6.45, 7) is 5.94. The number of hydrogen-bond donors (Lipinski definition) is 1. The number of hydrogen-bond acceptors (Lipinski definition) is 2. The molecule has 1 aliphatic rings. The fourth-order valence-corrected chi connectivity index (χ4v) is 3.73. The van der Waals surface area contributed by atoms with E-state index >= 15 is 0 Å². The van der Waals surface area contributed by atoms with Crippen molar-refractivity contribution in [3.63, 3.8) is 0 Å². The van der Waals surface area contributed by atoms with Gasteiger partial charge in [0.2, 0.25) is 11.8 Å². The number of benzene rings is 2. The summed E-state index contributed by atoms with van der Waals surface area (Å²) in [4.78, 5) is 27.5. The summed E-state index contributed by atoms with van der Waals surface area (Å²) in [5.41, 5.74) is 2.27. The second-order valence-electron chi connectivity index (χ2n) is 8.00. The molecule has 2 unspecified atom stereocenters. The van der Waals surface area contributed by atoms with E-state index in [1.807, 2.05) is 38.1 Å². The molecule has 1 N–H and O–H groups in total. The first kappa shape index (κ1) is 21.0. The van der Waals surface area contributed by atoms with E-state index in [1.165, 1.54) is 6.07 Å². The van der Waals surface area contributed by atoms with Crippen molar-refractivity contribution in [1.82, 2.24) is 10.2 Å². The van der Waals surface area contributed by atoms with Gasteiger partial charge in [0, 0.05) is 31.0 Å². The van der Waals surface area contributed by atoms with Crippen LogP contribution in [0.4, 0.5) is 8.78 Å². The lowest BCUT2D eigenvalue weighted by Gasteiger charge is -2.37. The van der Waals surface area contributed by atoms with Crippen LogP contribution in [-0.4, -0.2) is 22.8 Å². The molecular formula is C23H26F2N2O2. The Morgan fingerprint density at radius 2 is 1.79 bits per heavy atom. The molecular weight excluding hydrogens is 374 g/mol. The van der Waals surface area contributed by atoms with Gasteiger partial charge in [0.15, 0.2) is 0 Å². The molecule has 2 aromatic rings. The number of carbonyl (C=O) groups is 2. The zero-order valence-corrected chi connectivity index (χ0v) is 16.9. The molecule has 2 amide bonds. The molecule has 0 aliphatic carbocycles. The Morgan fingerprint density at radius 1 is 1.10 bits per heavy atom. The molecule has 0 spiro atoms. The van der Waals surface area contributed by atoms with Gasteiger partial charge in [0.25, 0.3) is 0 Å². The fraction of sp³-hybridized carbons (Fsp3) is 0.391. The highest BCUT2D eigenvalue weighted by Crippen LogP contribution is 2.26. The maximum atomic E-state index is 14.1. The normalized spacial score (nSPS) is 17.0. The smallest absolute Gasteiger partial charge is 0.243 e. The predicted molar refractivity (Wildman–Crippen MR) is 107 cm³/mol. The molecule has 2 aromatic carbocycles. The standard InChI is InChI=1S/C23H26F2N2O2/c1-14(2)10-22(28)27-13-17-7-5-4-6-16(17)11-21(27)23(29)26-15(3)19-9-8-18(24)12-20(19)25/h4-9,12,14-15,21H,10-11,13H2,1-3H3,(H,26,29). The largest absolute Gasteiger partial charge is 0.348 e. The number of carbonyl (C=O) groups excluding carboxylic acids is 2. The molecule has 1 heterocycles. The lowest BCUT2D eigenvalue weighted by atomic mass is 9.92. The van der Waals surface area contributed by atoms with Crippen LogP contribution in [-0.2, 0) is 22.6 Å². The average Bonchev–Trinajstić information content (AvgIpc) is 2.66. The third-order valence-corrected chi connectivity index (χ3v) is 5.24. The topological polar surface area (TPSA) is 49.4 Å². The van der Waals surface area contributed by atoms with Gasteiger partial charge in [-0.25, -0.2) is 8.78 Å². The minimum atomic E-state index is -0.709. The summed E-state index contributed by atoms with van der Waals surface area (Å²) in [6, 6.07) is 9.74. The minimum Gasteiger partial charge on any atom is -0.348 e. The maximum Gasteiger partial charge on any atom is 0.243 e. The first-order valence-electron chi connectivity index (χ1n) is 9.87. The molecule has 4 nitrogen and oxygen atoms in total. The van der Waals surface area contributed by atoms with Crippen LogP contribution in [0, 0.1) is 17.6 Å². The number of amides is 2. The van der Waals surface area contributed by atoms with Crippen molar-refractivity contribution in [2.24, 2.45) is 5.92 Å². The van der Waals surface area contributed by atoms with E-state index in [-0.39, 0.29) is 23.3 Å². The number of halogens is 2. The fourth-order valence-electron chi connectivity index (χ4n) is 3.73. The Hall–Kier alpha value is -2.76. The Morgan fingerprint density at radius 3 is 2.45 bits per heavy atom. The molecule has 1 aliphatic heterocycles. The SMILES string of the molecule is CC(C)CC(=O)N1Cc2ccccc2CC1C(=O)NC(C)c1ccc(F)cc1F. The summed E-state index contributed by atoms with van der Waals surface area (Å²) in [7, 11) is 0. The first-order valence-corrected chi connectivity index (χ1v) is 9.87. The van der Waals surface area contributed by atoms with E-state index in [0.29, 0.717) is 19.4 Å². The molecule has 29 heavy (non-hydrogen) atoms. The Balaban J connectivity index is 1.82. The molecule has 2 atom stereocenters. The van der Waals surface area contributed by atoms with Gasteiger partial charge >= 0.3 is 0 Å². The average molecular weight is 400 g/mol. The Kier molecular flexibility index (Phi) is 6.30. The maximum absolute atomic E-state index is 14.1. The lowest BCUT2D eigenvalue weighted by Crippen LogP contribution is -2.53. The highest BCUT2D eigenvalue weighted by atomic mass is 19.1. The van der Waals surface area contributed by atoms with Crippen molar-refractivity contribution in [3.8, 4) is 0 Å². The van der Waals surface area contributed by atoms with Gasteiger partial charge < -0.3 is 10.2 Å². The summed E-state index contributed by atoms with van der Waals surface area (Å²) in [5, 5.41) is 2.80. The van der Waals surface area contributed by atoms with Crippen LogP contribution in [0.3, 0.4) is 0 Å². The van der Waals surface area contributed by atoms with Crippen molar-refractivity contribution in [2.45, 2.75) is 52.2 Å². The number of nitrogens with one attached hydrogen (secondary N) is 1. The van der Waals surface area contributed by atoms with Gasteiger partial charge in [-0.05, 0) is 30.0 Å². The van der Waals surface area contributed by atoms with Crippen LogP contribution in [0.2, 0.25) is 0 Å². The highest BCUT2D eigenvalue weighted by Gasteiger charge is 2.35. The zero-order chi connectivity index (χ0) is 21.1. The van der Waals surface area contributed by atoms with Crippen LogP contribution in [0.5, 0.6) is 0 Å².